The van der Waals surface area contributed by atoms with Crippen LogP contribution in [0.15, 0.2) is 65.0 Å². The molecule has 0 saturated carbocycles. The Bertz CT molecular complexity index is 1350. The summed E-state index contributed by atoms with van der Waals surface area (Å²) in [7, 11) is 1.67. The van der Waals surface area contributed by atoms with Crippen LogP contribution in [0.3, 0.4) is 0 Å². The van der Waals surface area contributed by atoms with Crippen molar-refractivity contribution in [3.63, 3.8) is 0 Å². The van der Waals surface area contributed by atoms with Crippen LogP contribution < -0.4 is 4.74 Å². The van der Waals surface area contributed by atoms with Crippen LogP contribution in [0.2, 0.25) is 5.02 Å². The molecular formula is C33H37ClFNO4. The van der Waals surface area contributed by atoms with Crippen LogP contribution in [0.1, 0.15) is 70.4 Å². The van der Waals surface area contributed by atoms with Gasteiger partial charge in [0.25, 0.3) is 0 Å². The lowest BCUT2D eigenvalue weighted by Crippen LogP contribution is -2.45. The molecule has 1 heterocycles. The summed E-state index contributed by atoms with van der Waals surface area (Å²) in [5, 5.41) is 0.502. The monoisotopic (exact) mass is 565 g/mol. The average molecular weight is 566 g/mol. The number of rotatable bonds is 7. The standard InChI is InChI=1S/C33H37ClFNO4/c1-32(2)15-24-30(26(37)17-32)29(31-25(36(24)12-13-39-5)16-33(3,4)18-27(31)38)23-14-21(34)8-11-28(23)40-19-20-6-9-22(35)10-7-20/h6-11,14,29H,12-13,15-19H2,1-5H3. The molecule has 0 radical (unpaired) electrons. The van der Waals surface area contributed by atoms with Crippen LogP contribution in [0, 0.1) is 16.6 Å². The van der Waals surface area contributed by atoms with E-state index in [1.807, 2.05) is 6.07 Å². The molecule has 2 aromatic carbocycles. The summed E-state index contributed by atoms with van der Waals surface area (Å²) in [6, 6.07) is 11.5. The van der Waals surface area contributed by atoms with Crippen molar-refractivity contribution in [2.75, 3.05) is 20.3 Å². The normalized spacial score (nSPS) is 20.5. The fraction of sp³-hybridized carbons (Fsp3) is 0.455. The molecule has 5 nitrogen and oxygen atoms in total. The quantitative estimate of drug-likeness (QED) is 0.350. The third-order valence-electron chi connectivity index (χ3n) is 8.13. The molecule has 0 fully saturated rings. The molecule has 0 spiro atoms. The second kappa shape index (κ2) is 10.8. The van der Waals surface area contributed by atoms with Crippen LogP contribution in [-0.4, -0.2) is 36.7 Å². The molecule has 3 aliphatic rings. The maximum Gasteiger partial charge on any atom is 0.162 e. The van der Waals surface area contributed by atoms with Crippen LogP contribution in [0.5, 0.6) is 5.75 Å². The topological polar surface area (TPSA) is 55.8 Å². The minimum atomic E-state index is -0.571. The highest BCUT2D eigenvalue weighted by Gasteiger charge is 2.49. The summed E-state index contributed by atoms with van der Waals surface area (Å²) >= 11 is 6.56. The third-order valence-corrected chi connectivity index (χ3v) is 8.37. The lowest BCUT2D eigenvalue weighted by Gasteiger charge is -2.49. The first-order valence-electron chi connectivity index (χ1n) is 13.8. The SMILES string of the molecule is COCCN1C2=C(C(=O)CC(C)(C)C2)C(c2cc(Cl)ccc2OCc2ccc(F)cc2)C2=C1CC(C)(C)CC2=O. The zero-order valence-electron chi connectivity index (χ0n) is 23.9. The fourth-order valence-electron chi connectivity index (χ4n) is 6.43. The Morgan fingerprint density at radius 1 is 0.900 bits per heavy atom. The van der Waals surface area contributed by atoms with E-state index in [0.717, 1.165) is 17.0 Å². The highest BCUT2D eigenvalue weighted by Crippen LogP contribution is 2.55. The second-order valence-corrected chi connectivity index (χ2v) is 13.2. The number of Topliss-reactive ketones (excluding diaryl/α,β-unsaturated/α-hetero) is 2. The van der Waals surface area contributed by atoms with E-state index in [1.54, 1.807) is 31.4 Å². The molecule has 0 N–H and O–H groups in total. The molecule has 5 rings (SSSR count). The first-order valence-corrected chi connectivity index (χ1v) is 14.2. The van der Waals surface area contributed by atoms with Gasteiger partial charge in [0.05, 0.1) is 6.61 Å². The molecule has 7 heteroatoms. The van der Waals surface area contributed by atoms with Crippen LogP contribution in [-0.2, 0) is 20.9 Å². The lowest BCUT2D eigenvalue weighted by atomic mass is 9.63. The third kappa shape index (κ3) is 5.61. The zero-order valence-corrected chi connectivity index (χ0v) is 24.7. The number of carbonyl (C=O) groups excluding carboxylic acids is 2. The summed E-state index contributed by atoms with van der Waals surface area (Å²) in [4.78, 5) is 30.2. The van der Waals surface area contributed by atoms with Crippen LogP contribution in [0.25, 0.3) is 0 Å². The first kappa shape index (κ1) is 28.6. The zero-order chi connectivity index (χ0) is 28.8. The molecule has 1 aliphatic heterocycles. The molecule has 2 aromatic rings. The Labute approximate surface area is 241 Å². The molecule has 0 atom stereocenters. The predicted octanol–water partition coefficient (Wildman–Crippen LogP) is 7.39. The van der Waals surface area contributed by atoms with Crippen molar-refractivity contribution in [3.05, 3.63) is 87.0 Å². The van der Waals surface area contributed by atoms with E-state index in [9.17, 15) is 14.0 Å². The Morgan fingerprint density at radius 2 is 1.48 bits per heavy atom. The van der Waals surface area contributed by atoms with Crippen molar-refractivity contribution in [1.29, 1.82) is 0 Å². The Hall–Kier alpha value is -2.96. The van der Waals surface area contributed by atoms with Gasteiger partial charge in [-0.3, -0.25) is 9.59 Å². The van der Waals surface area contributed by atoms with Crippen LogP contribution >= 0.6 is 11.6 Å². The minimum Gasteiger partial charge on any atom is -0.489 e. The van der Waals surface area contributed by atoms with Gasteiger partial charge in [0.1, 0.15) is 18.2 Å². The average Bonchev–Trinajstić information content (AvgIpc) is 2.86. The number of benzene rings is 2. The molecule has 0 unspecified atom stereocenters. The Morgan fingerprint density at radius 3 is 2.02 bits per heavy atom. The van der Waals surface area contributed by atoms with E-state index in [1.165, 1.54) is 12.1 Å². The van der Waals surface area contributed by atoms with Gasteiger partial charge in [-0.25, -0.2) is 4.39 Å². The molecule has 40 heavy (non-hydrogen) atoms. The molecule has 2 aliphatic carbocycles. The fourth-order valence-corrected chi connectivity index (χ4v) is 6.61. The second-order valence-electron chi connectivity index (χ2n) is 12.8. The highest BCUT2D eigenvalue weighted by atomic mass is 35.5. The summed E-state index contributed by atoms with van der Waals surface area (Å²) in [6.07, 6.45) is 2.22. The Kier molecular flexibility index (Phi) is 7.71. The van der Waals surface area contributed by atoms with Crippen molar-refractivity contribution in [3.8, 4) is 5.75 Å². The number of carbonyl (C=O) groups is 2. The molecule has 0 bridgehead atoms. The van der Waals surface area contributed by atoms with Gasteiger partial charge in [-0.15, -0.1) is 0 Å². The molecule has 0 saturated heterocycles. The van der Waals surface area contributed by atoms with Gasteiger partial charge in [-0.2, -0.15) is 0 Å². The number of methoxy groups -OCH3 is 1. The number of ketones is 2. The molecule has 0 amide bonds. The van der Waals surface area contributed by atoms with Crippen molar-refractivity contribution < 1.29 is 23.5 Å². The summed E-state index contributed by atoms with van der Waals surface area (Å²) in [5.74, 6) is -0.233. The smallest absolute Gasteiger partial charge is 0.162 e. The number of hydrogen-bond donors (Lipinski definition) is 0. The van der Waals surface area contributed by atoms with E-state index < -0.39 is 5.92 Å². The number of ether oxygens (including phenoxy) is 2. The molecule has 0 aromatic heterocycles. The van der Waals surface area contributed by atoms with Gasteiger partial charge in [0, 0.05) is 65.5 Å². The van der Waals surface area contributed by atoms with Gasteiger partial charge < -0.3 is 14.4 Å². The van der Waals surface area contributed by atoms with E-state index in [-0.39, 0.29) is 34.8 Å². The van der Waals surface area contributed by atoms with E-state index in [2.05, 4.69) is 32.6 Å². The Balaban J connectivity index is 1.69. The van der Waals surface area contributed by atoms with Crippen molar-refractivity contribution in [2.24, 2.45) is 10.8 Å². The number of allylic oxidation sites excluding steroid dienone is 4. The summed E-state index contributed by atoms with van der Waals surface area (Å²) in [6.45, 7) is 9.73. The van der Waals surface area contributed by atoms with Crippen molar-refractivity contribution in [2.45, 2.75) is 65.9 Å². The van der Waals surface area contributed by atoms with E-state index in [4.69, 9.17) is 21.1 Å². The maximum absolute atomic E-state index is 14.0. The summed E-state index contributed by atoms with van der Waals surface area (Å²) in [5.41, 5.74) is 4.36. The molecular weight excluding hydrogens is 529 g/mol. The maximum atomic E-state index is 14.0. The number of nitrogens with zero attached hydrogens (tertiary/aromatic N) is 1. The van der Waals surface area contributed by atoms with Gasteiger partial charge in [-0.05, 0) is 59.6 Å². The first-order chi connectivity index (χ1) is 18.9. The van der Waals surface area contributed by atoms with Gasteiger partial charge in [-0.1, -0.05) is 51.4 Å². The van der Waals surface area contributed by atoms with Gasteiger partial charge >= 0.3 is 0 Å². The number of hydrogen-bond acceptors (Lipinski definition) is 5. The highest BCUT2D eigenvalue weighted by molar-refractivity contribution is 6.30. The van der Waals surface area contributed by atoms with E-state index in [0.29, 0.717) is 66.3 Å². The lowest BCUT2D eigenvalue weighted by molar-refractivity contribution is -0.119. The van der Waals surface area contributed by atoms with Crippen molar-refractivity contribution in [1.82, 2.24) is 4.90 Å². The van der Waals surface area contributed by atoms with Gasteiger partial charge in [0.2, 0.25) is 0 Å². The summed E-state index contributed by atoms with van der Waals surface area (Å²) < 4.78 is 25.2. The number of halogens is 2. The predicted molar refractivity (Wildman–Crippen MR) is 154 cm³/mol. The van der Waals surface area contributed by atoms with Gasteiger partial charge in [0.15, 0.2) is 11.6 Å². The van der Waals surface area contributed by atoms with E-state index >= 15 is 0 Å². The molecule has 212 valence electrons. The largest absolute Gasteiger partial charge is 0.489 e. The minimum absolute atomic E-state index is 0.0484. The van der Waals surface area contributed by atoms with Crippen LogP contribution in [0.4, 0.5) is 4.39 Å². The van der Waals surface area contributed by atoms with Crippen molar-refractivity contribution >= 4 is 23.2 Å².